The zero-order chi connectivity index (χ0) is 49.1. The molecule has 0 aliphatic carbocycles. The molecule has 21 nitrogen and oxygen atoms in total. The second-order valence-corrected chi connectivity index (χ2v) is 16.9. The van der Waals surface area contributed by atoms with E-state index in [0.717, 1.165) is 44.8 Å². The van der Waals surface area contributed by atoms with Gasteiger partial charge < -0.3 is 44.5 Å². The van der Waals surface area contributed by atoms with Gasteiger partial charge in [-0.15, -0.1) is 0 Å². The van der Waals surface area contributed by atoms with E-state index in [0.29, 0.717) is 70.1 Å². The van der Waals surface area contributed by atoms with Gasteiger partial charge in [0.15, 0.2) is 18.1 Å². The van der Waals surface area contributed by atoms with Gasteiger partial charge in [0, 0.05) is 50.7 Å². The normalized spacial score (nSPS) is 15.5. The summed E-state index contributed by atoms with van der Waals surface area (Å²) in [6, 6.07) is 15.6. The lowest BCUT2D eigenvalue weighted by atomic mass is 9.99. The number of anilines is 4. The van der Waals surface area contributed by atoms with Crippen LogP contribution in [0.15, 0.2) is 60.8 Å². The first-order valence-electron chi connectivity index (χ1n) is 23.2. The van der Waals surface area contributed by atoms with E-state index in [2.05, 4.69) is 63.4 Å². The molecule has 5 heterocycles. The van der Waals surface area contributed by atoms with Crippen molar-refractivity contribution >= 4 is 69.6 Å². The second kappa shape index (κ2) is 22.9. The number of para-hydroxylation sites is 1. The van der Waals surface area contributed by atoms with Crippen molar-refractivity contribution in [2.24, 2.45) is 7.05 Å². The molecule has 0 bridgehead atoms. The molecule has 0 spiro atoms. The molecular weight excluding hydrogens is 905 g/mol. The summed E-state index contributed by atoms with van der Waals surface area (Å²) in [5.41, 5.74) is 7.07. The van der Waals surface area contributed by atoms with Crippen LogP contribution in [0.5, 0.6) is 5.75 Å². The number of imide groups is 2. The van der Waals surface area contributed by atoms with Crippen molar-refractivity contribution in [3.63, 3.8) is 0 Å². The number of carbonyl (C=O) groups excluding carboxylic acids is 6. The molecule has 368 valence electrons. The molecule has 1 atom stereocenters. The van der Waals surface area contributed by atoms with Crippen molar-refractivity contribution in [3.05, 3.63) is 94.2 Å². The Kier molecular flexibility index (Phi) is 16.0. The SMILES string of the molecule is Cc1cccc(C)c1Nc1nn(C)c2nc(Nc3ccc4c(c3)CN(C(=O)CCOCCOCCOCCOCCNC(=O)COc3cccc5c3C(=O)N(C3CCC(=O)NC3=O)C5=O)CC4)ncc12. The van der Waals surface area contributed by atoms with Crippen molar-refractivity contribution in [3.8, 4) is 5.75 Å². The van der Waals surface area contributed by atoms with Crippen LogP contribution in [0.2, 0.25) is 0 Å². The molecule has 5 aromatic rings. The number of amides is 6. The Morgan fingerprint density at radius 1 is 0.814 bits per heavy atom. The van der Waals surface area contributed by atoms with Gasteiger partial charge in [0.1, 0.15) is 11.8 Å². The molecule has 8 rings (SSSR count). The quantitative estimate of drug-likeness (QED) is 0.0541. The lowest BCUT2D eigenvalue weighted by molar-refractivity contribution is -0.136. The number of fused-ring (bicyclic) bond motifs is 3. The summed E-state index contributed by atoms with van der Waals surface area (Å²) in [7, 11) is 1.86. The van der Waals surface area contributed by atoms with Crippen LogP contribution in [0, 0.1) is 13.8 Å². The van der Waals surface area contributed by atoms with Crippen molar-refractivity contribution < 1.29 is 52.5 Å². The summed E-state index contributed by atoms with van der Waals surface area (Å²) in [5, 5.41) is 17.1. The molecule has 70 heavy (non-hydrogen) atoms. The van der Waals surface area contributed by atoms with Gasteiger partial charge >= 0.3 is 0 Å². The topological polar surface area (TPSA) is 247 Å². The number of hydrogen-bond donors (Lipinski definition) is 4. The maximum atomic E-state index is 13.2. The molecule has 3 aromatic carbocycles. The molecule has 0 radical (unpaired) electrons. The number of rotatable bonds is 23. The van der Waals surface area contributed by atoms with E-state index in [1.807, 2.05) is 30.1 Å². The Hall–Kier alpha value is -7.33. The Morgan fingerprint density at radius 2 is 1.53 bits per heavy atom. The summed E-state index contributed by atoms with van der Waals surface area (Å²) in [4.78, 5) is 87.7. The number of benzene rings is 3. The first-order valence-corrected chi connectivity index (χ1v) is 23.2. The molecule has 2 aromatic heterocycles. The first kappa shape index (κ1) is 49.1. The molecule has 4 N–H and O–H groups in total. The Balaban J connectivity index is 0.645. The highest BCUT2D eigenvalue weighted by Gasteiger charge is 2.46. The van der Waals surface area contributed by atoms with Gasteiger partial charge in [-0.25, -0.2) is 9.67 Å². The Labute approximate surface area is 403 Å². The van der Waals surface area contributed by atoms with Crippen LogP contribution in [-0.4, -0.2) is 144 Å². The number of carbonyl (C=O) groups is 6. The van der Waals surface area contributed by atoms with Crippen molar-refractivity contribution in [2.45, 2.75) is 52.1 Å². The highest BCUT2D eigenvalue weighted by Crippen LogP contribution is 2.34. The number of nitrogens with one attached hydrogen (secondary N) is 4. The monoisotopic (exact) mass is 960 g/mol. The third-order valence-electron chi connectivity index (χ3n) is 12.1. The molecule has 1 fully saturated rings. The van der Waals surface area contributed by atoms with Gasteiger partial charge in [-0.3, -0.25) is 39.0 Å². The third-order valence-corrected chi connectivity index (χ3v) is 12.1. The van der Waals surface area contributed by atoms with Crippen molar-refractivity contribution in [1.82, 2.24) is 40.2 Å². The van der Waals surface area contributed by atoms with E-state index in [1.54, 1.807) is 10.9 Å². The van der Waals surface area contributed by atoms with Gasteiger partial charge in [0.25, 0.3) is 17.7 Å². The van der Waals surface area contributed by atoms with E-state index >= 15 is 0 Å². The first-order chi connectivity index (χ1) is 33.9. The smallest absolute Gasteiger partial charge is 0.266 e. The molecular formula is C49H56N10O11. The van der Waals surface area contributed by atoms with Crippen LogP contribution >= 0.6 is 0 Å². The van der Waals surface area contributed by atoms with E-state index in [9.17, 15) is 28.8 Å². The number of piperidine rings is 1. The summed E-state index contributed by atoms with van der Waals surface area (Å²) in [6.45, 7) is 7.59. The van der Waals surface area contributed by atoms with Crippen LogP contribution in [-0.2, 0) is 58.1 Å². The highest BCUT2D eigenvalue weighted by molar-refractivity contribution is 6.24. The summed E-state index contributed by atoms with van der Waals surface area (Å²) in [5.74, 6) is -1.84. The summed E-state index contributed by atoms with van der Waals surface area (Å²) in [6.07, 6.45) is 2.83. The predicted octanol–water partition coefficient (Wildman–Crippen LogP) is 3.40. The number of hydrogen-bond acceptors (Lipinski definition) is 16. The number of aromatic nitrogens is 4. The fourth-order valence-electron chi connectivity index (χ4n) is 8.44. The summed E-state index contributed by atoms with van der Waals surface area (Å²) >= 11 is 0. The average Bonchev–Trinajstić information content (AvgIpc) is 3.80. The molecule has 3 aliphatic heterocycles. The number of ether oxygens (including phenoxy) is 5. The van der Waals surface area contributed by atoms with Crippen LogP contribution in [0.25, 0.3) is 11.0 Å². The number of nitrogens with zero attached hydrogens (tertiary/aromatic N) is 6. The van der Waals surface area contributed by atoms with Gasteiger partial charge in [-0.2, -0.15) is 10.1 Å². The van der Waals surface area contributed by atoms with Gasteiger partial charge in [0.2, 0.25) is 23.7 Å². The molecule has 6 amide bonds. The Morgan fingerprint density at radius 3 is 2.27 bits per heavy atom. The van der Waals surface area contributed by atoms with Gasteiger partial charge in [-0.05, 0) is 73.2 Å². The standard InChI is InChI=1S/C49H56N10O11/c1-30-6-4-7-31(2)43(30)54-44-36-27-51-49(55-45(36)57(3)56-44)52-34-11-10-32-14-17-58(28-33(32)26-34)41(62)15-18-66-20-22-68-24-25-69-23-21-67-19-16-50-40(61)29-70-38-9-5-8-35-42(38)48(65)59(47(35)64)37-12-13-39(60)53-46(37)63/h4-11,26-27,37H,12-25,28-29H2,1-3H3,(H,50,61)(H,54,56)(H,51,52,55)(H,53,60,63). The van der Waals surface area contributed by atoms with Gasteiger partial charge in [-0.1, -0.05) is 30.3 Å². The zero-order valence-electron chi connectivity index (χ0n) is 39.3. The van der Waals surface area contributed by atoms with Crippen LogP contribution < -0.4 is 26.0 Å². The Bertz CT molecular complexity index is 2760. The highest BCUT2D eigenvalue weighted by atomic mass is 16.6. The molecule has 1 saturated heterocycles. The van der Waals surface area contributed by atoms with E-state index in [-0.39, 0.29) is 61.8 Å². The van der Waals surface area contributed by atoms with E-state index < -0.39 is 42.2 Å². The molecule has 21 heteroatoms. The van der Waals surface area contributed by atoms with Crippen LogP contribution in [0.3, 0.4) is 0 Å². The van der Waals surface area contributed by atoms with E-state index in [4.69, 9.17) is 28.7 Å². The lowest BCUT2D eigenvalue weighted by Gasteiger charge is -2.29. The number of aryl methyl sites for hydroxylation is 3. The fourth-order valence-corrected chi connectivity index (χ4v) is 8.44. The van der Waals surface area contributed by atoms with Crippen molar-refractivity contribution in [1.29, 1.82) is 0 Å². The lowest BCUT2D eigenvalue weighted by Crippen LogP contribution is -2.54. The molecule has 1 unspecified atom stereocenters. The summed E-state index contributed by atoms with van der Waals surface area (Å²) < 4.78 is 29.6. The largest absolute Gasteiger partial charge is 0.483 e. The maximum Gasteiger partial charge on any atom is 0.266 e. The second-order valence-electron chi connectivity index (χ2n) is 16.9. The molecule has 3 aliphatic rings. The minimum absolute atomic E-state index is 0.00360. The fraction of sp³-hybridized carbons (Fsp3) is 0.408. The predicted molar refractivity (Wildman–Crippen MR) is 254 cm³/mol. The third kappa shape index (κ3) is 11.7. The van der Waals surface area contributed by atoms with E-state index in [1.165, 1.54) is 23.8 Å². The van der Waals surface area contributed by atoms with Crippen LogP contribution in [0.4, 0.5) is 23.1 Å². The van der Waals surface area contributed by atoms with Gasteiger partial charge in [0.05, 0.1) is 75.8 Å². The molecule has 0 saturated carbocycles. The average molecular weight is 961 g/mol. The minimum atomic E-state index is -1.11. The maximum absolute atomic E-state index is 13.2. The minimum Gasteiger partial charge on any atom is -0.483 e. The van der Waals surface area contributed by atoms with Crippen molar-refractivity contribution in [2.75, 3.05) is 83.2 Å². The zero-order valence-corrected chi connectivity index (χ0v) is 39.3. The van der Waals surface area contributed by atoms with Crippen LogP contribution in [0.1, 0.15) is 62.2 Å².